The largest absolute Gasteiger partial charge is 0.359 e. The molecule has 2 rings (SSSR count). The van der Waals surface area contributed by atoms with Crippen LogP contribution in [0.1, 0.15) is 12.5 Å². The summed E-state index contributed by atoms with van der Waals surface area (Å²) >= 11 is 0. The van der Waals surface area contributed by atoms with E-state index < -0.39 is 0 Å². The zero-order valence-corrected chi connectivity index (χ0v) is 8.05. The van der Waals surface area contributed by atoms with Crippen LogP contribution in [-0.2, 0) is 6.42 Å². The molecule has 1 heterocycles. The Morgan fingerprint density at radius 2 is 2.21 bits per heavy atom. The molecule has 0 saturated carbocycles. The molecule has 14 heavy (non-hydrogen) atoms. The first kappa shape index (κ1) is 9.21. The van der Waals surface area contributed by atoms with Crippen LogP contribution in [-0.4, -0.2) is 11.0 Å². The molecule has 0 fully saturated rings. The van der Waals surface area contributed by atoms with Gasteiger partial charge in [0.2, 0.25) is 0 Å². The number of halogens is 1. The maximum atomic E-state index is 13.8. The molecule has 3 heteroatoms. The quantitative estimate of drug-likeness (QED) is 0.752. The molecule has 1 aromatic carbocycles. The molecule has 0 aliphatic carbocycles. The SMILES string of the molecule is CC(N)Cc1ccc2cc[nH]c2c1F. The molecule has 3 N–H and O–H groups in total. The van der Waals surface area contributed by atoms with E-state index in [9.17, 15) is 4.39 Å². The van der Waals surface area contributed by atoms with Crippen LogP contribution >= 0.6 is 0 Å². The number of rotatable bonds is 2. The van der Waals surface area contributed by atoms with Gasteiger partial charge >= 0.3 is 0 Å². The van der Waals surface area contributed by atoms with Crippen LogP contribution in [0.15, 0.2) is 24.4 Å². The topological polar surface area (TPSA) is 41.8 Å². The predicted molar refractivity (Wildman–Crippen MR) is 55.6 cm³/mol. The highest BCUT2D eigenvalue weighted by atomic mass is 19.1. The maximum Gasteiger partial charge on any atom is 0.150 e. The normalized spacial score (nSPS) is 13.4. The summed E-state index contributed by atoms with van der Waals surface area (Å²) in [5, 5.41) is 0.899. The molecule has 1 unspecified atom stereocenters. The second-order valence-corrected chi connectivity index (χ2v) is 3.66. The van der Waals surface area contributed by atoms with Gasteiger partial charge in [0.1, 0.15) is 5.82 Å². The van der Waals surface area contributed by atoms with Crippen molar-refractivity contribution in [1.29, 1.82) is 0 Å². The summed E-state index contributed by atoms with van der Waals surface area (Å²) < 4.78 is 13.8. The van der Waals surface area contributed by atoms with Crippen molar-refractivity contribution in [3.8, 4) is 0 Å². The molecule has 0 bridgehead atoms. The number of benzene rings is 1. The van der Waals surface area contributed by atoms with Gasteiger partial charge in [0, 0.05) is 17.6 Å². The first-order valence-electron chi connectivity index (χ1n) is 4.68. The summed E-state index contributed by atoms with van der Waals surface area (Å²) in [7, 11) is 0. The number of hydrogen-bond acceptors (Lipinski definition) is 1. The Kier molecular flexibility index (Phi) is 2.25. The fourth-order valence-electron chi connectivity index (χ4n) is 1.64. The Hall–Kier alpha value is -1.35. The van der Waals surface area contributed by atoms with Crippen molar-refractivity contribution in [3.63, 3.8) is 0 Å². The zero-order chi connectivity index (χ0) is 10.1. The predicted octanol–water partition coefficient (Wildman–Crippen LogP) is 2.20. The van der Waals surface area contributed by atoms with Crippen LogP contribution < -0.4 is 5.73 Å². The van der Waals surface area contributed by atoms with Gasteiger partial charge < -0.3 is 10.7 Å². The minimum atomic E-state index is -0.176. The van der Waals surface area contributed by atoms with E-state index in [1.54, 1.807) is 12.3 Å². The fourth-order valence-corrected chi connectivity index (χ4v) is 1.64. The van der Waals surface area contributed by atoms with E-state index in [4.69, 9.17) is 5.73 Å². The highest BCUT2D eigenvalue weighted by molar-refractivity contribution is 5.80. The van der Waals surface area contributed by atoms with Crippen LogP contribution in [0.4, 0.5) is 4.39 Å². The third-order valence-electron chi connectivity index (χ3n) is 2.29. The third-order valence-corrected chi connectivity index (χ3v) is 2.29. The molecular formula is C11H13FN2. The van der Waals surface area contributed by atoms with Crippen LogP contribution in [0.2, 0.25) is 0 Å². The van der Waals surface area contributed by atoms with E-state index in [1.165, 1.54) is 0 Å². The molecule has 74 valence electrons. The summed E-state index contributed by atoms with van der Waals surface area (Å²) in [4.78, 5) is 2.89. The highest BCUT2D eigenvalue weighted by Crippen LogP contribution is 2.20. The lowest BCUT2D eigenvalue weighted by molar-refractivity contribution is 0.605. The molecular weight excluding hydrogens is 179 g/mol. The molecule has 0 aliphatic heterocycles. The van der Waals surface area contributed by atoms with Crippen molar-refractivity contribution >= 4 is 10.9 Å². The van der Waals surface area contributed by atoms with Gasteiger partial charge in [0.05, 0.1) is 5.52 Å². The Morgan fingerprint density at radius 1 is 1.43 bits per heavy atom. The van der Waals surface area contributed by atoms with E-state index in [2.05, 4.69) is 4.98 Å². The van der Waals surface area contributed by atoms with Crippen molar-refractivity contribution in [2.45, 2.75) is 19.4 Å². The average Bonchev–Trinajstić information content (AvgIpc) is 2.57. The van der Waals surface area contributed by atoms with Gasteiger partial charge in [-0.3, -0.25) is 0 Å². The second-order valence-electron chi connectivity index (χ2n) is 3.66. The van der Waals surface area contributed by atoms with E-state index in [0.717, 1.165) is 5.39 Å². The summed E-state index contributed by atoms with van der Waals surface area (Å²) in [5.74, 6) is -0.176. The minimum absolute atomic E-state index is 0.0167. The van der Waals surface area contributed by atoms with Crippen molar-refractivity contribution < 1.29 is 4.39 Å². The number of H-pyrrole nitrogens is 1. The number of nitrogens with one attached hydrogen (secondary N) is 1. The standard InChI is InChI=1S/C11H13FN2/c1-7(13)6-9-3-2-8-4-5-14-11(8)10(9)12/h2-5,7,14H,6,13H2,1H3. The smallest absolute Gasteiger partial charge is 0.150 e. The first-order valence-corrected chi connectivity index (χ1v) is 4.68. The van der Waals surface area contributed by atoms with Crippen LogP contribution in [0.25, 0.3) is 10.9 Å². The second kappa shape index (κ2) is 3.42. The Balaban J connectivity index is 2.51. The van der Waals surface area contributed by atoms with Crippen LogP contribution in [0.3, 0.4) is 0 Å². The molecule has 1 aromatic heterocycles. The summed E-state index contributed by atoms with van der Waals surface area (Å²) in [6.45, 7) is 1.87. The van der Waals surface area contributed by atoms with Crippen LogP contribution in [0, 0.1) is 5.82 Å². The highest BCUT2D eigenvalue weighted by Gasteiger charge is 2.09. The van der Waals surface area contributed by atoms with E-state index in [1.807, 2.05) is 19.1 Å². The van der Waals surface area contributed by atoms with Gasteiger partial charge in [-0.05, 0) is 25.0 Å². The lowest BCUT2D eigenvalue weighted by atomic mass is 10.1. The van der Waals surface area contributed by atoms with Gasteiger partial charge in [-0.1, -0.05) is 12.1 Å². The average molecular weight is 192 g/mol. The number of fused-ring (bicyclic) bond motifs is 1. The lowest BCUT2D eigenvalue weighted by Gasteiger charge is -2.06. The van der Waals surface area contributed by atoms with Gasteiger partial charge in [-0.15, -0.1) is 0 Å². The molecule has 0 amide bonds. The number of nitrogens with two attached hydrogens (primary N) is 1. The molecule has 0 aliphatic rings. The molecule has 1 atom stereocenters. The molecule has 0 radical (unpaired) electrons. The first-order chi connectivity index (χ1) is 6.68. The Labute approximate surface area is 81.9 Å². The summed E-state index contributed by atoms with van der Waals surface area (Å²) in [6, 6.07) is 5.55. The fraction of sp³-hybridized carbons (Fsp3) is 0.273. The van der Waals surface area contributed by atoms with Crippen molar-refractivity contribution in [2.24, 2.45) is 5.73 Å². The van der Waals surface area contributed by atoms with Crippen LogP contribution in [0.5, 0.6) is 0 Å². The van der Waals surface area contributed by atoms with E-state index >= 15 is 0 Å². The lowest BCUT2D eigenvalue weighted by Crippen LogP contribution is -2.18. The summed E-state index contributed by atoms with van der Waals surface area (Å²) in [6.07, 6.45) is 2.31. The molecule has 2 nitrogen and oxygen atoms in total. The van der Waals surface area contributed by atoms with Crippen molar-refractivity contribution in [2.75, 3.05) is 0 Å². The Morgan fingerprint density at radius 3 is 2.93 bits per heavy atom. The van der Waals surface area contributed by atoms with Crippen molar-refractivity contribution in [3.05, 3.63) is 35.8 Å². The molecule has 2 aromatic rings. The van der Waals surface area contributed by atoms with Gasteiger partial charge in [0.25, 0.3) is 0 Å². The monoisotopic (exact) mass is 192 g/mol. The van der Waals surface area contributed by atoms with E-state index in [-0.39, 0.29) is 11.9 Å². The number of aromatic nitrogens is 1. The minimum Gasteiger partial charge on any atom is -0.359 e. The Bertz CT molecular complexity index is 445. The molecule has 0 saturated heterocycles. The summed E-state index contributed by atoms with van der Waals surface area (Å²) in [5.41, 5.74) is 6.88. The third kappa shape index (κ3) is 1.51. The zero-order valence-electron chi connectivity index (χ0n) is 8.05. The van der Waals surface area contributed by atoms with Crippen molar-refractivity contribution in [1.82, 2.24) is 4.98 Å². The van der Waals surface area contributed by atoms with Gasteiger partial charge in [0.15, 0.2) is 0 Å². The molecule has 0 spiro atoms. The van der Waals surface area contributed by atoms with Gasteiger partial charge in [-0.2, -0.15) is 0 Å². The van der Waals surface area contributed by atoms with E-state index in [0.29, 0.717) is 17.5 Å². The number of aromatic amines is 1. The van der Waals surface area contributed by atoms with Gasteiger partial charge in [-0.25, -0.2) is 4.39 Å². The number of hydrogen-bond donors (Lipinski definition) is 2. The maximum absolute atomic E-state index is 13.8.